The van der Waals surface area contributed by atoms with E-state index in [0.29, 0.717) is 5.56 Å². The molecule has 0 amide bonds. The molecule has 0 spiro atoms. The summed E-state index contributed by atoms with van der Waals surface area (Å²) in [6, 6.07) is 6.80. The van der Waals surface area contributed by atoms with E-state index < -0.39 is 5.97 Å². The summed E-state index contributed by atoms with van der Waals surface area (Å²) >= 11 is 1.65. The first kappa shape index (κ1) is 10.8. The summed E-state index contributed by atoms with van der Waals surface area (Å²) in [7, 11) is 0. The van der Waals surface area contributed by atoms with E-state index in [2.05, 4.69) is 4.98 Å². The molecule has 3 nitrogen and oxygen atoms in total. The van der Waals surface area contributed by atoms with E-state index in [1.807, 2.05) is 13.8 Å². The highest BCUT2D eigenvalue weighted by Crippen LogP contribution is 2.27. The number of carboxylic acids is 1. The van der Waals surface area contributed by atoms with Crippen LogP contribution >= 0.6 is 11.3 Å². The Morgan fingerprint density at radius 3 is 2.31 bits per heavy atom. The summed E-state index contributed by atoms with van der Waals surface area (Å²) in [6.45, 7) is 3.98. The summed E-state index contributed by atoms with van der Waals surface area (Å²) < 4.78 is 0. The number of thiazole rings is 1. The van der Waals surface area contributed by atoms with E-state index in [9.17, 15) is 4.79 Å². The third-order valence-corrected chi connectivity index (χ3v) is 3.20. The van der Waals surface area contributed by atoms with Crippen LogP contribution in [-0.4, -0.2) is 16.1 Å². The molecular weight excluding hydrogens is 222 g/mol. The first-order chi connectivity index (χ1) is 7.58. The Labute approximate surface area is 97.4 Å². The molecular formula is C12H11NO2S. The third-order valence-electron chi connectivity index (χ3n) is 2.31. The highest BCUT2D eigenvalue weighted by molar-refractivity contribution is 7.11. The Morgan fingerprint density at radius 2 is 1.88 bits per heavy atom. The van der Waals surface area contributed by atoms with E-state index in [-0.39, 0.29) is 0 Å². The summed E-state index contributed by atoms with van der Waals surface area (Å²) in [5.41, 5.74) is 2.21. The summed E-state index contributed by atoms with van der Waals surface area (Å²) in [4.78, 5) is 16.3. The number of aryl methyl sites for hydroxylation is 2. The van der Waals surface area contributed by atoms with Gasteiger partial charge in [-0.25, -0.2) is 9.78 Å². The minimum atomic E-state index is -0.905. The number of hydrogen-bond donors (Lipinski definition) is 1. The number of nitrogens with zero attached hydrogens (tertiary/aromatic N) is 1. The first-order valence-electron chi connectivity index (χ1n) is 4.85. The monoisotopic (exact) mass is 233 g/mol. The van der Waals surface area contributed by atoms with Gasteiger partial charge < -0.3 is 5.11 Å². The highest BCUT2D eigenvalue weighted by atomic mass is 32.1. The summed E-state index contributed by atoms with van der Waals surface area (Å²) in [6.07, 6.45) is 0. The molecule has 1 N–H and O–H groups in total. The molecule has 1 aromatic carbocycles. The predicted molar refractivity (Wildman–Crippen MR) is 64.0 cm³/mol. The Bertz CT molecular complexity index is 528. The van der Waals surface area contributed by atoms with Crippen LogP contribution in [-0.2, 0) is 0 Å². The van der Waals surface area contributed by atoms with Crippen LogP contribution in [0.5, 0.6) is 0 Å². The average Bonchev–Trinajstić information content (AvgIpc) is 2.58. The van der Waals surface area contributed by atoms with Crippen LogP contribution in [0.25, 0.3) is 11.3 Å². The van der Waals surface area contributed by atoms with Gasteiger partial charge in [0.15, 0.2) is 0 Å². The van der Waals surface area contributed by atoms with Gasteiger partial charge in [0.2, 0.25) is 0 Å². The molecule has 1 aromatic heterocycles. The molecule has 0 unspecified atom stereocenters. The van der Waals surface area contributed by atoms with Crippen molar-refractivity contribution < 1.29 is 9.90 Å². The van der Waals surface area contributed by atoms with E-state index in [1.54, 1.807) is 35.6 Å². The van der Waals surface area contributed by atoms with Gasteiger partial charge in [-0.2, -0.15) is 0 Å². The SMILES string of the molecule is Cc1nc(-c2ccc(C(=O)O)cc2)c(C)s1. The standard InChI is InChI=1S/C12H11NO2S/c1-7-11(13-8(2)16-7)9-3-5-10(6-4-9)12(14)15/h3-6H,1-2H3,(H,14,15). The molecule has 16 heavy (non-hydrogen) atoms. The largest absolute Gasteiger partial charge is 0.478 e. The lowest BCUT2D eigenvalue weighted by atomic mass is 10.1. The molecule has 0 bridgehead atoms. The zero-order valence-electron chi connectivity index (χ0n) is 9.02. The molecule has 0 fully saturated rings. The van der Waals surface area contributed by atoms with Crippen LogP contribution < -0.4 is 0 Å². The second-order valence-electron chi connectivity index (χ2n) is 3.52. The predicted octanol–water partition coefficient (Wildman–Crippen LogP) is 3.13. The lowest BCUT2D eigenvalue weighted by Gasteiger charge is -1.99. The van der Waals surface area contributed by atoms with Crippen LogP contribution in [0, 0.1) is 13.8 Å². The Morgan fingerprint density at radius 1 is 1.25 bits per heavy atom. The molecule has 0 aliphatic carbocycles. The zero-order chi connectivity index (χ0) is 11.7. The molecule has 0 atom stereocenters. The lowest BCUT2D eigenvalue weighted by molar-refractivity contribution is 0.0697. The van der Waals surface area contributed by atoms with Crippen molar-refractivity contribution in [3.63, 3.8) is 0 Å². The van der Waals surface area contributed by atoms with Crippen molar-refractivity contribution in [2.24, 2.45) is 0 Å². The van der Waals surface area contributed by atoms with Gasteiger partial charge in [-0.15, -0.1) is 11.3 Å². The topological polar surface area (TPSA) is 50.2 Å². The number of aromatic carboxylic acids is 1. The van der Waals surface area contributed by atoms with Crippen LogP contribution in [0.2, 0.25) is 0 Å². The van der Waals surface area contributed by atoms with Crippen molar-refractivity contribution in [1.29, 1.82) is 0 Å². The number of rotatable bonds is 2. The van der Waals surface area contributed by atoms with Gasteiger partial charge in [0.05, 0.1) is 16.3 Å². The van der Waals surface area contributed by atoms with E-state index in [1.165, 1.54) is 0 Å². The Balaban J connectivity index is 2.42. The smallest absolute Gasteiger partial charge is 0.335 e. The molecule has 0 aliphatic heterocycles. The quantitative estimate of drug-likeness (QED) is 0.867. The van der Waals surface area contributed by atoms with Gasteiger partial charge in [0.1, 0.15) is 0 Å². The fourth-order valence-electron chi connectivity index (χ4n) is 1.57. The molecule has 2 aromatic rings. The number of hydrogen-bond acceptors (Lipinski definition) is 3. The molecule has 0 saturated carbocycles. The first-order valence-corrected chi connectivity index (χ1v) is 5.67. The van der Waals surface area contributed by atoms with Crippen molar-refractivity contribution in [3.8, 4) is 11.3 Å². The number of carboxylic acid groups (broad SMARTS) is 1. The van der Waals surface area contributed by atoms with Gasteiger partial charge in [-0.05, 0) is 26.0 Å². The number of carbonyl (C=O) groups is 1. The lowest BCUT2D eigenvalue weighted by Crippen LogP contribution is -1.95. The van der Waals surface area contributed by atoms with Gasteiger partial charge in [0.25, 0.3) is 0 Å². The fraction of sp³-hybridized carbons (Fsp3) is 0.167. The minimum absolute atomic E-state index is 0.299. The second-order valence-corrected chi connectivity index (χ2v) is 4.93. The van der Waals surface area contributed by atoms with Crippen molar-refractivity contribution >= 4 is 17.3 Å². The van der Waals surface area contributed by atoms with Crippen LogP contribution in [0.15, 0.2) is 24.3 Å². The molecule has 82 valence electrons. The van der Waals surface area contributed by atoms with E-state index in [4.69, 9.17) is 5.11 Å². The molecule has 2 rings (SSSR count). The van der Waals surface area contributed by atoms with Crippen LogP contribution in [0.1, 0.15) is 20.2 Å². The number of aromatic nitrogens is 1. The second kappa shape index (κ2) is 4.06. The zero-order valence-corrected chi connectivity index (χ0v) is 9.84. The van der Waals surface area contributed by atoms with Crippen molar-refractivity contribution in [2.75, 3.05) is 0 Å². The van der Waals surface area contributed by atoms with Gasteiger partial charge in [0, 0.05) is 10.4 Å². The van der Waals surface area contributed by atoms with Crippen molar-refractivity contribution in [1.82, 2.24) is 4.98 Å². The average molecular weight is 233 g/mol. The molecule has 0 radical (unpaired) electrons. The third kappa shape index (κ3) is 1.97. The van der Waals surface area contributed by atoms with E-state index >= 15 is 0 Å². The highest BCUT2D eigenvalue weighted by Gasteiger charge is 2.08. The van der Waals surface area contributed by atoms with Gasteiger partial charge >= 0.3 is 5.97 Å². The van der Waals surface area contributed by atoms with E-state index in [0.717, 1.165) is 21.1 Å². The normalized spacial score (nSPS) is 10.4. The van der Waals surface area contributed by atoms with Crippen molar-refractivity contribution in [3.05, 3.63) is 39.7 Å². The van der Waals surface area contributed by atoms with Crippen LogP contribution in [0.3, 0.4) is 0 Å². The molecule has 0 saturated heterocycles. The van der Waals surface area contributed by atoms with Crippen LogP contribution in [0.4, 0.5) is 0 Å². The summed E-state index contributed by atoms with van der Waals surface area (Å²) in [5, 5.41) is 9.81. The van der Waals surface area contributed by atoms with Gasteiger partial charge in [-0.3, -0.25) is 0 Å². The summed E-state index contributed by atoms with van der Waals surface area (Å²) in [5.74, 6) is -0.905. The Hall–Kier alpha value is -1.68. The Kier molecular flexibility index (Phi) is 2.75. The number of benzene rings is 1. The maximum atomic E-state index is 10.7. The van der Waals surface area contributed by atoms with Gasteiger partial charge in [-0.1, -0.05) is 12.1 Å². The maximum absolute atomic E-state index is 10.7. The molecule has 1 heterocycles. The fourth-order valence-corrected chi connectivity index (χ4v) is 2.41. The molecule has 0 aliphatic rings. The minimum Gasteiger partial charge on any atom is -0.478 e. The maximum Gasteiger partial charge on any atom is 0.335 e. The van der Waals surface area contributed by atoms with Crippen molar-refractivity contribution in [2.45, 2.75) is 13.8 Å². The molecule has 4 heteroatoms.